The van der Waals surface area contributed by atoms with Crippen LogP contribution in [0, 0.1) is 0 Å². The minimum Gasteiger partial charge on any atom is -0.497 e. The largest absolute Gasteiger partial charge is 0.497 e. The molecule has 2 aromatic carbocycles. The number of nitrogens with zero attached hydrogens (tertiary/aromatic N) is 1. The SMILES string of the molecule is COc1cccc(-c2nc3cc(CN)ccc3s2)c1. The van der Waals surface area contributed by atoms with Gasteiger partial charge in [0.25, 0.3) is 0 Å². The van der Waals surface area contributed by atoms with Crippen LogP contribution < -0.4 is 10.5 Å². The van der Waals surface area contributed by atoms with E-state index in [0.29, 0.717) is 6.54 Å². The zero-order valence-electron chi connectivity index (χ0n) is 10.6. The van der Waals surface area contributed by atoms with Gasteiger partial charge in [0.05, 0.1) is 17.3 Å². The van der Waals surface area contributed by atoms with Crippen LogP contribution in [0.5, 0.6) is 5.75 Å². The van der Waals surface area contributed by atoms with E-state index in [4.69, 9.17) is 10.5 Å². The van der Waals surface area contributed by atoms with Crippen molar-refractivity contribution in [2.45, 2.75) is 6.54 Å². The first-order chi connectivity index (χ1) is 9.30. The standard InChI is InChI=1S/C15H14N2OS/c1-18-12-4-2-3-11(8-12)15-17-13-7-10(9-16)5-6-14(13)19-15/h2-8H,9,16H2,1H3. The molecule has 0 radical (unpaired) electrons. The molecular formula is C15H14N2OS. The minimum absolute atomic E-state index is 0.544. The maximum Gasteiger partial charge on any atom is 0.124 e. The van der Waals surface area contributed by atoms with Crippen LogP contribution in [0.15, 0.2) is 42.5 Å². The molecule has 3 aromatic rings. The van der Waals surface area contributed by atoms with Crippen LogP contribution in [-0.4, -0.2) is 12.1 Å². The maximum atomic E-state index is 5.66. The lowest BCUT2D eigenvalue weighted by Crippen LogP contribution is -1.94. The number of nitrogens with two attached hydrogens (primary N) is 1. The molecule has 0 aliphatic heterocycles. The van der Waals surface area contributed by atoms with Crippen LogP contribution in [0.1, 0.15) is 5.56 Å². The van der Waals surface area contributed by atoms with Gasteiger partial charge < -0.3 is 10.5 Å². The average Bonchev–Trinajstić information content (AvgIpc) is 2.90. The second-order valence-electron chi connectivity index (χ2n) is 4.26. The predicted octanol–water partition coefficient (Wildman–Crippen LogP) is 3.43. The third-order valence-electron chi connectivity index (χ3n) is 3.00. The number of benzene rings is 2. The van der Waals surface area contributed by atoms with Gasteiger partial charge in [-0.05, 0) is 29.8 Å². The van der Waals surface area contributed by atoms with Crippen LogP contribution in [0.2, 0.25) is 0 Å². The lowest BCUT2D eigenvalue weighted by atomic mass is 10.2. The van der Waals surface area contributed by atoms with E-state index in [0.717, 1.165) is 27.4 Å². The van der Waals surface area contributed by atoms with Gasteiger partial charge in [0, 0.05) is 12.1 Å². The van der Waals surface area contributed by atoms with E-state index in [-0.39, 0.29) is 0 Å². The van der Waals surface area contributed by atoms with Crippen LogP contribution >= 0.6 is 11.3 Å². The zero-order chi connectivity index (χ0) is 13.2. The number of rotatable bonds is 3. The van der Waals surface area contributed by atoms with Gasteiger partial charge in [-0.15, -0.1) is 11.3 Å². The van der Waals surface area contributed by atoms with Gasteiger partial charge >= 0.3 is 0 Å². The summed E-state index contributed by atoms with van der Waals surface area (Å²) in [5.41, 5.74) is 8.85. The summed E-state index contributed by atoms with van der Waals surface area (Å²) < 4.78 is 6.42. The number of fused-ring (bicyclic) bond motifs is 1. The molecule has 0 amide bonds. The Labute approximate surface area is 115 Å². The van der Waals surface area contributed by atoms with Crippen molar-refractivity contribution in [1.82, 2.24) is 4.98 Å². The predicted molar refractivity (Wildman–Crippen MR) is 79.5 cm³/mol. The molecule has 0 aliphatic rings. The van der Waals surface area contributed by atoms with Crippen molar-refractivity contribution in [2.24, 2.45) is 5.73 Å². The fourth-order valence-electron chi connectivity index (χ4n) is 1.98. The molecule has 0 aliphatic carbocycles. The molecule has 0 fully saturated rings. The van der Waals surface area contributed by atoms with Crippen molar-refractivity contribution in [3.8, 4) is 16.3 Å². The molecule has 0 atom stereocenters. The Kier molecular flexibility index (Phi) is 3.19. The molecule has 1 aromatic heterocycles. The molecule has 19 heavy (non-hydrogen) atoms. The summed E-state index contributed by atoms with van der Waals surface area (Å²) in [4.78, 5) is 4.67. The van der Waals surface area contributed by atoms with Crippen LogP contribution in [0.25, 0.3) is 20.8 Å². The number of ether oxygens (including phenoxy) is 1. The molecule has 0 unspecified atom stereocenters. The Bertz CT molecular complexity index is 721. The Balaban J connectivity index is 2.09. The highest BCUT2D eigenvalue weighted by atomic mass is 32.1. The smallest absolute Gasteiger partial charge is 0.124 e. The highest BCUT2D eigenvalue weighted by Crippen LogP contribution is 2.32. The highest BCUT2D eigenvalue weighted by Gasteiger charge is 2.07. The van der Waals surface area contributed by atoms with Gasteiger partial charge in [-0.3, -0.25) is 0 Å². The van der Waals surface area contributed by atoms with Crippen LogP contribution in [-0.2, 0) is 6.54 Å². The fraction of sp³-hybridized carbons (Fsp3) is 0.133. The normalized spacial score (nSPS) is 10.8. The minimum atomic E-state index is 0.544. The third kappa shape index (κ3) is 2.32. The van der Waals surface area contributed by atoms with E-state index in [1.54, 1.807) is 18.4 Å². The number of aromatic nitrogens is 1. The van der Waals surface area contributed by atoms with E-state index < -0.39 is 0 Å². The molecule has 96 valence electrons. The first kappa shape index (κ1) is 12.1. The first-order valence-corrected chi connectivity index (χ1v) is 6.86. The molecule has 0 spiro atoms. The Morgan fingerprint density at radius 1 is 1.21 bits per heavy atom. The number of thiazole rings is 1. The molecule has 2 N–H and O–H groups in total. The third-order valence-corrected chi connectivity index (χ3v) is 4.09. The lowest BCUT2D eigenvalue weighted by molar-refractivity contribution is 0.415. The van der Waals surface area contributed by atoms with E-state index in [2.05, 4.69) is 23.2 Å². The van der Waals surface area contributed by atoms with Gasteiger partial charge in [-0.2, -0.15) is 0 Å². The summed E-state index contributed by atoms with van der Waals surface area (Å²) in [5.74, 6) is 0.847. The molecule has 4 heteroatoms. The van der Waals surface area contributed by atoms with Gasteiger partial charge in [0.15, 0.2) is 0 Å². The topological polar surface area (TPSA) is 48.1 Å². The summed E-state index contributed by atoms with van der Waals surface area (Å²) in [6, 6.07) is 14.1. The van der Waals surface area contributed by atoms with Gasteiger partial charge in [0.1, 0.15) is 10.8 Å². The second-order valence-corrected chi connectivity index (χ2v) is 5.29. The van der Waals surface area contributed by atoms with Gasteiger partial charge in [0.2, 0.25) is 0 Å². The van der Waals surface area contributed by atoms with E-state index in [9.17, 15) is 0 Å². The van der Waals surface area contributed by atoms with Crippen LogP contribution in [0.4, 0.5) is 0 Å². The summed E-state index contributed by atoms with van der Waals surface area (Å²) in [7, 11) is 1.67. The fourth-order valence-corrected chi connectivity index (χ4v) is 2.92. The number of hydrogen-bond acceptors (Lipinski definition) is 4. The molecule has 0 saturated carbocycles. The molecule has 3 nitrogen and oxygen atoms in total. The lowest BCUT2D eigenvalue weighted by Gasteiger charge is -2.00. The van der Waals surface area contributed by atoms with Gasteiger partial charge in [-0.1, -0.05) is 18.2 Å². The van der Waals surface area contributed by atoms with Crippen molar-refractivity contribution in [3.63, 3.8) is 0 Å². The maximum absolute atomic E-state index is 5.66. The Morgan fingerprint density at radius 3 is 2.89 bits per heavy atom. The first-order valence-electron chi connectivity index (χ1n) is 6.04. The number of methoxy groups -OCH3 is 1. The molecule has 0 saturated heterocycles. The average molecular weight is 270 g/mol. The molecule has 1 heterocycles. The molecule has 3 rings (SSSR count). The summed E-state index contributed by atoms with van der Waals surface area (Å²) >= 11 is 1.68. The summed E-state index contributed by atoms with van der Waals surface area (Å²) in [6.45, 7) is 0.544. The Morgan fingerprint density at radius 2 is 2.11 bits per heavy atom. The molecule has 0 bridgehead atoms. The van der Waals surface area contributed by atoms with E-state index in [1.165, 1.54) is 4.70 Å². The van der Waals surface area contributed by atoms with Crippen molar-refractivity contribution in [3.05, 3.63) is 48.0 Å². The highest BCUT2D eigenvalue weighted by molar-refractivity contribution is 7.21. The Hall–Kier alpha value is -1.91. The van der Waals surface area contributed by atoms with Crippen molar-refractivity contribution < 1.29 is 4.74 Å². The summed E-state index contributed by atoms with van der Waals surface area (Å²) in [6.07, 6.45) is 0. The van der Waals surface area contributed by atoms with Crippen molar-refractivity contribution >= 4 is 21.6 Å². The summed E-state index contributed by atoms with van der Waals surface area (Å²) in [5, 5.41) is 1.00. The quantitative estimate of drug-likeness (QED) is 0.793. The zero-order valence-corrected chi connectivity index (χ0v) is 11.4. The number of hydrogen-bond donors (Lipinski definition) is 1. The molecular weight excluding hydrogens is 256 g/mol. The van der Waals surface area contributed by atoms with Crippen LogP contribution in [0.3, 0.4) is 0 Å². The second kappa shape index (κ2) is 4.99. The van der Waals surface area contributed by atoms with E-state index >= 15 is 0 Å². The monoisotopic (exact) mass is 270 g/mol. The van der Waals surface area contributed by atoms with Crippen molar-refractivity contribution in [2.75, 3.05) is 7.11 Å². The van der Waals surface area contributed by atoms with E-state index in [1.807, 2.05) is 24.3 Å². The van der Waals surface area contributed by atoms with Gasteiger partial charge in [-0.25, -0.2) is 4.98 Å². The van der Waals surface area contributed by atoms with Crippen molar-refractivity contribution in [1.29, 1.82) is 0 Å².